The van der Waals surface area contributed by atoms with Crippen LogP contribution in [0.2, 0.25) is 0 Å². The molecule has 60 heavy (non-hydrogen) atoms. The fourth-order valence-electron chi connectivity index (χ4n) is 9.37. The van der Waals surface area contributed by atoms with Crippen molar-refractivity contribution >= 4 is 41.0 Å². The zero-order chi connectivity index (χ0) is 41.5. The van der Waals surface area contributed by atoms with Gasteiger partial charge in [0, 0.05) is 98.9 Å². The van der Waals surface area contributed by atoms with Crippen molar-refractivity contribution < 1.29 is 33.1 Å². The Bertz CT molecular complexity index is 2300. The smallest absolute Gasteiger partial charge is 0.256 e. The van der Waals surface area contributed by atoms with Gasteiger partial charge in [-0.2, -0.15) is 5.10 Å². The number of rotatable bonds is 10. The number of benzene rings is 3. The van der Waals surface area contributed by atoms with Gasteiger partial charge in [0.15, 0.2) is 11.9 Å². The second kappa shape index (κ2) is 16.6. The number of imide groups is 1. The molecule has 5 aliphatic heterocycles. The van der Waals surface area contributed by atoms with Crippen molar-refractivity contribution in [2.24, 2.45) is 0 Å². The van der Waals surface area contributed by atoms with E-state index in [9.17, 15) is 24.0 Å². The molecule has 3 saturated heterocycles. The number of hydrogen-bond donors (Lipinski definition) is 3. The lowest BCUT2D eigenvalue weighted by Gasteiger charge is -2.43. The largest absolute Gasteiger partial charge is 0.371 e. The minimum atomic E-state index is -0.773. The second-order valence-corrected chi connectivity index (χ2v) is 16.2. The third-order valence-corrected chi connectivity index (χ3v) is 12.8. The number of nitrogens with one attached hydrogen (secondary N) is 3. The van der Waals surface area contributed by atoms with Crippen molar-refractivity contribution in [3.05, 3.63) is 112 Å². The average Bonchev–Trinajstić information content (AvgIpc) is 3.97. The molecule has 0 saturated carbocycles. The van der Waals surface area contributed by atoms with Crippen LogP contribution in [0, 0.1) is 5.82 Å². The third kappa shape index (κ3) is 7.66. The molecule has 3 aromatic carbocycles. The number of methoxy groups -OCH3 is 1. The van der Waals surface area contributed by atoms with E-state index < -0.39 is 18.1 Å². The molecule has 0 radical (unpaired) electrons. The Morgan fingerprint density at radius 1 is 0.883 bits per heavy atom. The van der Waals surface area contributed by atoms with E-state index in [1.807, 2.05) is 54.6 Å². The van der Waals surface area contributed by atoms with Crippen LogP contribution in [0.5, 0.6) is 0 Å². The summed E-state index contributed by atoms with van der Waals surface area (Å²) in [5.74, 6) is -1.63. The number of amides is 5. The van der Waals surface area contributed by atoms with Crippen LogP contribution in [0.25, 0.3) is 0 Å². The van der Waals surface area contributed by atoms with Crippen LogP contribution in [-0.4, -0.2) is 118 Å². The number of carbonyl (C=O) groups is 5. The third-order valence-electron chi connectivity index (χ3n) is 12.8. The molecule has 0 bridgehead atoms. The number of nitrogens with zero attached hydrogens (tertiary/aromatic N) is 6. The maximum atomic E-state index is 15.8. The number of H-pyrrole nitrogens is 1. The van der Waals surface area contributed by atoms with Gasteiger partial charge in [0.1, 0.15) is 11.9 Å². The van der Waals surface area contributed by atoms with Gasteiger partial charge in [0.25, 0.3) is 17.7 Å². The molecule has 1 aromatic heterocycles. The van der Waals surface area contributed by atoms with Crippen LogP contribution in [-0.2, 0) is 45.3 Å². The van der Waals surface area contributed by atoms with Crippen LogP contribution >= 0.6 is 0 Å². The lowest BCUT2D eigenvalue weighted by molar-refractivity contribution is -0.143. The summed E-state index contributed by atoms with van der Waals surface area (Å²) < 4.78 is 21.4. The predicted octanol–water partition coefficient (Wildman–Crippen LogP) is 3.58. The molecule has 3 N–H and O–H groups in total. The Balaban J connectivity index is 0.730. The number of piperidine rings is 2. The standard InChI is InChI=1S/C44H48FN9O6/c1-60-39(27-5-3-2-4-6-27)44(59)53-24-34-35(26-53)48-49-40(34)47-41(56)28-7-10-30(11-8-28)51-17-15-31(16-18-51)52-21-19-50(20-22-52)23-29-9-12-32-33(38(29)45)25-54(43(32)58)36-13-14-37(55)46-42(36)57/h2-12,31,36,39H,13-26H2,1H3,(H,46,55,57)(H2,47,48,49,56). The quantitative estimate of drug-likeness (QED) is 0.202. The number of halogens is 1. The molecule has 5 amide bonds. The van der Waals surface area contributed by atoms with Crippen LogP contribution in [0.3, 0.4) is 0 Å². The fraction of sp³-hybridized carbons (Fsp3) is 0.409. The van der Waals surface area contributed by atoms with Gasteiger partial charge < -0.3 is 24.8 Å². The van der Waals surface area contributed by atoms with Crippen LogP contribution < -0.4 is 15.5 Å². The van der Waals surface area contributed by atoms with E-state index in [1.165, 1.54) is 12.0 Å². The summed E-state index contributed by atoms with van der Waals surface area (Å²) in [6.07, 6.45) is 1.70. The molecule has 9 rings (SSSR count). The van der Waals surface area contributed by atoms with Crippen molar-refractivity contribution in [3.8, 4) is 0 Å². The van der Waals surface area contributed by atoms with Crippen molar-refractivity contribution in [2.75, 3.05) is 56.6 Å². The molecular weight excluding hydrogens is 770 g/mol. The molecular formula is C44H48FN9O6. The number of fused-ring (bicyclic) bond motifs is 2. The highest BCUT2D eigenvalue weighted by Crippen LogP contribution is 2.33. The minimum Gasteiger partial charge on any atom is -0.371 e. The summed E-state index contributed by atoms with van der Waals surface area (Å²) in [5, 5.41) is 12.5. The molecule has 15 nitrogen and oxygen atoms in total. The highest BCUT2D eigenvalue weighted by molar-refractivity contribution is 6.06. The van der Waals surface area contributed by atoms with Gasteiger partial charge in [-0.15, -0.1) is 0 Å². The number of ether oxygens (including phenoxy) is 1. The number of anilines is 2. The number of carbonyl (C=O) groups excluding carboxylic acids is 5. The van der Waals surface area contributed by atoms with Gasteiger partial charge in [-0.1, -0.05) is 36.4 Å². The SMILES string of the molecule is COC(C(=O)N1Cc2[nH]nc(NC(=O)c3ccc(N4CCC(N5CCN(Cc6ccc7c(c6F)CN(C6CCC(=O)NC6=O)C7=O)CC5)CC4)cc3)c2C1)c1ccccc1. The first-order valence-electron chi connectivity index (χ1n) is 20.7. The monoisotopic (exact) mass is 817 g/mol. The summed E-state index contributed by atoms with van der Waals surface area (Å²) in [5.41, 5.74) is 5.09. The van der Waals surface area contributed by atoms with E-state index in [0.717, 1.165) is 74.6 Å². The highest BCUT2D eigenvalue weighted by Gasteiger charge is 2.41. The summed E-state index contributed by atoms with van der Waals surface area (Å²) in [7, 11) is 1.52. The van der Waals surface area contributed by atoms with Gasteiger partial charge in [0.2, 0.25) is 11.8 Å². The van der Waals surface area contributed by atoms with Crippen molar-refractivity contribution in [1.29, 1.82) is 0 Å². The molecule has 4 aromatic rings. The van der Waals surface area contributed by atoms with E-state index in [2.05, 4.69) is 35.5 Å². The van der Waals surface area contributed by atoms with Crippen molar-refractivity contribution in [1.82, 2.24) is 35.1 Å². The van der Waals surface area contributed by atoms with Crippen molar-refractivity contribution in [2.45, 2.75) is 70.0 Å². The molecule has 0 aliphatic carbocycles. The lowest BCUT2D eigenvalue weighted by Crippen LogP contribution is -2.53. The number of aromatic nitrogens is 2. The first-order chi connectivity index (χ1) is 29.1. The second-order valence-electron chi connectivity index (χ2n) is 16.2. The number of aromatic amines is 1. The Kier molecular flexibility index (Phi) is 10.9. The zero-order valence-corrected chi connectivity index (χ0v) is 33.5. The van der Waals surface area contributed by atoms with E-state index in [0.29, 0.717) is 48.2 Å². The van der Waals surface area contributed by atoms with Gasteiger partial charge in [0.05, 0.1) is 25.3 Å². The summed E-state index contributed by atoms with van der Waals surface area (Å²) >= 11 is 0. The Hall–Kier alpha value is -5.97. The molecule has 6 heterocycles. The summed E-state index contributed by atoms with van der Waals surface area (Å²) in [6, 6.07) is 20.0. The van der Waals surface area contributed by atoms with Crippen LogP contribution in [0.15, 0.2) is 66.7 Å². The fourth-order valence-corrected chi connectivity index (χ4v) is 9.37. The van der Waals surface area contributed by atoms with Gasteiger partial charge >= 0.3 is 0 Å². The first kappa shape index (κ1) is 39.5. The minimum absolute atomic E-state index is 0.0242. The molecule has 3 fully saturated rings. The highest BCUT2D eigenvalue weighted by atomic mass is 19.1. The average molecular weight is 818 g/mol. The van der Waals surface area contributed by atoms with E-state index in [1.54, 1.807) is 17.0 Å². The Morgan fingerprint density at radius 2 is 1.63 bits per heavy atom. The molecule has 312 valence electrons. The number of piperazine rings is 1. The summed E-state index contributed by atoms with van der Waals surface area (Å²) in [6.45, 7) is 6.31. The molecule has 0 spiro atoms. The van der Waals surface area contributed by atoms with Crippen molar-refractivity contribution in [3.63, 3.8) is 0 Å². The van der Waals surface area contributed by atoms with E-state index >= 15 is 4.39 Å². The lowest BCUT2D eigenvalue weighted by atomic mass is 10.0. The summed E-state index contributed by atoms with van der Waals surface area (Å²) in [4.78, 5) is 74.0. The Labute approximate surface area is 346 Å². The Morgan fingerprint density at radius 3 is 2.35 bits per heavy atom. The molecule has 5 aliphatic rings. The predicted molar refractivity (Wildman–Crippen MR) is 218 cm³/mol. The van der Waals surface area contributed by atoms with Gasteiger partial charge in [-0.05, 0) is 55.2 Å². The van der Waals surface area contributed by atoms with Gasteiger partial charge in [-0.25, -0.2) is 4.39 Å². The molecule has 16 heteroatoms. The number of hydrogen-bond acceptors (Lipinski definition) is 10. The van der Waals surface area contributed by atoms with Crippen LogP contribution in [0.1, 0.15) is 80.5 Å². The molecule has 2 unspecified atom stereocenters. The van der Waals surface area contributed by atoms with E-state index in [4.69, 9.17) is 4.74 Å². The van der Waals surface area contributed by atoms with E-state index in [-0.39, 0.29) is 54.4 Å². The van der Waals surface area contributed by atoms with Gasteiger partial charge in [-0.3, -0.25) is 44.2 Å². The first-order valence-corrected chi connectivity index (χ1v) is 20.7. The maximum absolute atomic E-state index is 15.8. The normalized spacial score (nSPS) is 20.6. The topological polar surface area (TPSA) is 164 Å². The van der Waals surface area contributed by atoms with Crippen LogP contribution in [0.4, 0.5) is 15.9 Å². The maximum Gasteiger partial charge on any atom is 0.256 e. The molecule has 2 atom stereocenters. The zero-order valence-electron chi connectivity index (χ0n) is 33.5.